The largest absolute Gasteiger partial charge is 0.368 e. The molecule has 1 heterocycles. The number of amides is 1. The van der Waals surface area contributed by atoms with E-state index < -0.39 is 11.4 Å². The fourth-order valence-electron chi connectivity index (χ4n) is 2.02. The molecule has 3 N–H and O–H groups in total. The van der Waals surface area contributed by atoms with Crippen LogP contribution in [0.4, 0.5) is 0 Å². The molecule has 0 aliphatic carbocycles. The highest BCUT2D eigenvalue weighted by molar-refractivity contribution is 5.86. The molecule has 0 aliphatic rings. The molecule has 0 bridgehead atoms. The maximum Gasteiger partial charge on any atom is 0.244 e. The fourth-order valence-corrected chi connectivity index (χ4v) is 2.02. The van der Waals surface area contributed by atoms with Gasteiger partial charge in [-0.15, -0.1) is 0 Å². The monoisotopic (exact) mass is 244 g/mol. The van der Waals surface area contributed by atoms with E-state index in [0.29, 0.717) is 6.54 Å². The van der Waals surface area contributed by atoms with E-state index in [9.17, 15) is 4.79 Å². The Labute approximate surface area is 106 Å². The molecule has 5 heteroatoms. The zero-order chi connectivity index (χ0) is 13.0. The van der Waals surface area contributed by atoms with Gasteiger partial charge < -0.3 is 11.1 Å². The summed E-state index contributed by atoms with van der Waals surface area (Å²) in [5.41, 5.74) is 5.47. The summed E-state index contributed by atoms with van der Waals surface area (Å²) in [4.78, 5) is 11.9. The number of benzene rings is 1. The quantitative estimate of drug-likeness (QED) is 0.803. The smallest absolute Gasteiger partial charge is 0.244 e. The Hall–Kier alpha value is -2.14. The molecule has 5 nitrogen and oxygen atoms in total. The standard InChI is InChI=1S/C13H16N4O/c1-15-13(12(14)18,10-17-9-5-8-16-17)11-6-3-2-4-7-11/h2-9,15H,10H2,1H3,(H2,14,18). The second-order valence-corrected chi connectivity index (χ2v) is 4.09. The lowest BCUT2D eigenvalue weighted by Crippen LogP contribution is -2.54. The molecular formula is C13H16N4O. The maximum absolute atomic E-state index is 11.9. The molecule has 2 rings (SSSR count). The summed E-state index contributed by atoms with van der Waals surface area (Å²) in [5, 5.41) is 7.16. The molecule has 0 spiro atoms. The van der Waals surface area contributed by atoms with Crippen molar-refractivity contribution >= 4 is 5.91 Å². The molecule has 0 saturated heterocycles. The minimum Gasteiger partial charge on any atom is -0.368 e. The van der Waals surface area contributed by atoms with E-state index in [2.05, 4.69) is 10.4 Å². The molecule has 0 saturated carbocycles. The molecule has 0 aliphatic heterocycles. The lowest BCUT2D eigenvalue weighted by atomic mass is 9.89. The predicted molar refractivity (Wildman–Crippen MR) is 68.6 cm³/mol. The van der Waals surface area contributed by atoms with Gasteiger partial charge in [-0.25, -0.2) is 0 Å². The van der Waals surface area contributed by atoms with Crippen molar-refractivity contribution in [2.75, 3.05) is 7.05 Å². The minimum atomic E-state index is -0.951. The molecule has 2 aromatic rings. The summed E-state index contributed by atoms with van der Waals surface area (Å²) < 4.78 is 1.69. The molecule has 1 aromatic carbocycles. The number of primary amides is 1. The van der Waals surface area contributed by atoms with Crippen LogP contribution in [0.3, 0.4) is 0 Å². The van der Waals surface area contributed by atoms with Crippen molar-refractivity contribution in [3.63, 3.8) is 0 Å². The highest BCUT2D eigenvalue weighted by atomic mass is 16.1. The van der Waals surface area contributed by atoms with Gasteiger partial charge in [-0.05, 0) is 18.7 Å². The molecule has 18 heavy (non-hydrogen) atoms. The average molecular weight is 244 g/mol. The van der Waals surface area contributed by atoms with Crippen molar-refractivity contribution in [1.29, 1.82) is 0 Å². The zero-order valence-electron chi connectivity index (χ0n) is 10.2. The third kappa shape index (κ3) is 2.12. The third-order valence-electron chi connectivity index (χ3n) is 3.07. The topological polar surface area (TPSA) is 72.9 Å². The van der Waals surface area contributed by atoms with E-state index in [1.54, 1.807) is 24.1 Å². The van der Waals surface area contributed by atoms with Crippen LogP contribution in [0.2, 0.25) is 0 Å². The lowest BCUT2D eigenvalue weighted by molar-refractivity contribution is -0.125. The Morgan fingerprint density at radius 1 is 1.39 bits per heavy atom. The molecule has 94 valence electrons. The number of likely N-dealkylation sites (N-methyl/N-ethyl adjacent to an activating group) is 1. The fraction of sp³-hybridized carbons (Fsp3) is 0.231. The summed E-state index contributed by atoms with van der Waals surface area (Å²) in [6, 6.07) is 11.2. The number of hydrogen-bond donors (Lipinski definition) is 2. The number of nitrogens with zero attached hydrogens (tertiary/aromatic N) is 2. The van der Waals surface area contributed by atoms with Gasteiger partial charge in [-0.1, -0.05) is 30.3 Å². The summed E-state index contributed by atoms with van der Waals surface area (Å²) in [5.74, 6) is -0.424. The van der Waals surface area contributed by atoms with Gasteiger partial charge in [0.25, 0.3) is 0 Å². The molecule has 1 aromatic heterocycles. The van der Waals surface area contributed by atoms with Crippen LogP contribution in [0, 0.1) is 0 Å². The highest BCUT2D eigenvalue weighted by Crippen LogP contribution is 2.22. The van der Waals surface area contributed by atoms with E-state index in [-0.39, 0.29) is 0 Å². The van der Waals surface area contributed by atoms with Crippen LogP contribution in [0.15, 0.2) is 48.8 Å². The first-order valence-electron chi connectivity index (χ1n) is 5.71. The lowest BCUT2D eigenvalue weighted by Gasteiger charge is -2.30. The second-order valence-electron chi connectivity index (χ2n) is 4.09. The van der Waals surface area contributed by atoms with Crippen molar-refractivity contribution in [1.82, 2.24) is 15.1 Å². The maximum atomic E-state index is 11.9. The van der Waals surface area contributed by atoms with Gasteiger partial charge in [-0.3, -0.25) is 9.48 Å². The summed E-state index contributed by atoms with van der Waals surface area (Å²) >= 11 is 0. The van der Waals surface area contributed by atoms with Crippen LogP contribution in [0.5, 0.6) is 0 Å². The highest BCUT2D eigenvalue weighted by Gasteiger charge is 2.37. The van der Waals surface area contributed by atoms with Gasteiger partial charge in [0.1, 0.15) is 5.54 Å². The van der Waals surface area contributed by atoms with Crippen molar-refractivity contribution in [3.05, 3.63) is 54.4 Å². The number of aromatic nitrogens is 2. The molecule has 1 atom stereocenters. The molecule has 0 radical (unpaired) electrons. The SMILES string of the molecule is CNC(Cn1cccn1)(C(N)=O)c1ccccc1. The van der Waals surface area contributed by atoms with Crippen molar-refractivity contribution in [2.24, 2.45) is 5.73 Å². The van der Waals surface area contributed by atoms with Gasteiger partial charge >= 0.3 is 0 Å². The first-order chi connectivity index (χ1) is 8.69. The van der Waals surface area contributed by atoms with Crippen LogP contribution < -0.4 is 11.1 Å². The van der Waals surface area contributed by atoms with Crippen LogP contribution >= 0.6 is 0 Å². The normalized spacial score (nSPS) is 14.1. The van der Waals surface area contributed by atoms with Crippen molar-refractivity contribution in [2.45, 2.75) is 12.1 Å². The molecular weight excluding hydrogens is 228 g/mol. The molecule has 1 amide bonds. The Morgan fingerprint density at radius 2 is 2.11 bits per heavy atom. The van der Waals surface area contributed by atoms with Gasteiger partial charge in [0.15, 0.2) is 0 Å². The predicted octanol–water partition coefficient (Wildman–Crippen LogP) is 0.483. The average Bonchev–Trinajstić information content (AvgIpc) is 2.89. The first kappa shape index (κ1) is 12.3. The van der Waals surface area contributed by atoms with Gasteiger partial charge in [0, 0.05) is 12.4 Å². The van der Waals surface area contributed by atoms with Crippen molar-refractivity contribution < 1.29 is 4.79 Å². The summed E-state index contributed by atoms with van der Waals surface area (Å²) in [6.07, 6.45) is 3.48. The summed E-state index contributed by atoms with van der Waals surface area (Å²) in [6.45, 7) is 0.357. The van der Waals surface area contributed by atoms with Gasteiger partial charge in [-0.2, -0.15) is 5.10 Å². The Kier molecular flexibility index (Phi) is 3.43. The van der Waals surface area contributed by atoms with Crippen LogP contribution in [0.25, 0.3) is 0 Å². The number of hydrogen-bond acceptors (Lipinski definition) is 3. The van der Waals surface area contributed by atoms with Gasteiger partial charge in [0.2, 0.25) is 5.91 Å². The van der Waals surface area contributed by atoms with Crippen LogP contribution in [0.1, 0.15) is 5.56 Å². The van der Waals surface area contributed by atoms with Crippen LogP contribution in [-0.2, 0) is 16.9 Å². The number of nitrogens with two attached hydrogens (primary N) is 1. The van der Waals surface area contributed by atoms with Crippen molar-refractivity contribution in [3.8, 4) is 0 Å². The first-order valence-corrected chi connectivity index (χ1v) is 5.71. The second kappa shape index (κ2) is 5.01. The van der Waals surface area contributed by atoms with E-state index in [1.165, 1.54) is 0 Å². The van der Waals surface area contributed by atoms with Gasteiger partial charge in [0.05, 0.1) is 6.54 Å². The molecule has 0 fully saturated rings. The summed E-state index contributed by atoms with van der Waals surface area (Å²) in [7, 11) is 1.72. The zero-order valence-corrected chi connectivity index (χ0v) is 10.2. The Bertz CT molecular complexity index is 509. The van der Waals surface area contributed by atoms with E-state index >= 15 is 0 Å². The van der Waals surface area contributed by atoms with E-state index in [1.807, 2.05) is 36.4 Å². The number of carbonyl (C=O) groups excluding carboxylic acids is 1. The van der Waals surface area contributed by atoms with Crippen LogP contribution in [-0.4, -0.2) is 22.7 Å². The number of carbonyl (C=O) groups is 1. The number of nitrogens with one attached hydrogen (secondary N) is 1. The Balaban J connectivity index is 2.43. The van der Waals surface area contributed by atoms with E-state index in [4.69, 9.17) is 5.73 Å². The minimum absolute atomic E-state index is 0.357. The third-order valence-corrected chi connectivity index (χ3v) is 3.07. The van der Waals surface area contributed by atoms with E-state index in [0.717, 1.165) is 5.56 Å². The Morgan fingerprint density at radius 3 is 2.61 bits per heavy atom. The number of rotatable bonds is 5. The molecule has 1 unspecified atom stereocenters.